The van der Waals surface area contributed by atoms with Crippen molar-refractivity contribution in [2.24, 2.45) is 11.8 Å². The zero-order valence-corrected chi connectivity index (χ0v) is 24.3. The lowest BCUT2D eigenvalue weighted by atomic mass is 9.91. The van der Waals surface area contributed by atoms with Crippen LogP contribution in [0.4, 0.5) is 4.79 Å². The van der Waals surface area contributed by atoms with E-state index in [1.807, 2.05) is 6.07 Å². The van der Waals surface area contributed by atoms with Crippen LogP contribution in [0.15, 0.2) is 55.3 Å². The van der Waals surface area contributed by atoms with Crippen LogP contribution >= 0.6 is 0 Å². The molecule has 1 fully saturated rings. The van der Waals surface area contributed by atoms with Crippen LogP contribution in [0.25, 0.3) is 0 Å². The van der Waals surface area contributed by atoms with Gasteiger partial charge in [0.25, 0.3) is 5.91 Å². The molecule has 1 aliphatic rings. The number of nitrogens with zero attached hydrogens (tertiary/aromatic N) is 1. The fourth-order valence-electron chi connectivity index (χ4n) is 4.07. The summed E-state index contributed by atoms with van der Waals surface area (Å²) in [6.07, 6.45) is -0.757. The molecule has 4 atom stereocenters. The lowest BCUT2D eigenvalue weighted by molar-refractivity contribution is -0.176. The number of benzene rings is 1. The van der Waals surface area contributed by atoms with Gasteiger partial charge < -0.3 is 33.7 Å². The standard InChI is InChI=1S/C30H34N2O11/c1-6-14-39-30(37)43-25-22(38-5)12-13-31-23(25)26(33)32-21-16-40-28(35)20(15-19-10-8-7-9-11-19)24(18(4)41-29(21)36)42-27(34)17(2)3/h6-13,17-18,20-21,24H,1,14-16H2,2-5H3,(H,32,33)/t18-,20+,21?,24?/m0/s1. The highest BCUT2D eigenvalue weighted by Crippen LogP contribution is 2.30. The molecule has 13 nitrogen and oxygen atoms in total. The minimum absolute atomic E-state index is 0.0219. The molecule has 0 aliphatic carbocycles. The van der Waals surface area contributed by atoms with Crippen LogP contribution in [-0.2, 0) is 39.8 Å². The number of nitrogens with one attached hydrogen (secondary N) is 1. The largest absolute Gasteiger partial charge is 0.514 e. The second-order valence-electron chi connectivity index (χ2n) is 9.79. The van der Waals surface area contributed by atoms with Gasteiger partial charge >= 0.3 is 24.1 Å². The Morgan fingerprint density at radius 1 is 1.14 bits per heavy atom. The molecule has 2 unspecified atom stereocenters. The Kier molecular flexibility index (Phi) is 11.6. The summed E-state index contributed by atoms with van der Waals surface area (Å²) in [6, 6.07) is 8.86. The van der Waals surface area contributed by atoms with Gasteiger partial charge in [-0.25, -0.2) is 14.6 Å². The molecule has 0 spiro atoms. The SMILES string of the molecule is C=CCOC(=O)Oc1c(OC)ccnc1C(=O)NC1COC(=O)[C@H](Cc2ccccc2)C(OC(=O)C(C)C)[C@H](C)OC1=O. The Labute approximate surface area is 248 Å². The molecule has 1 aromatic carbocycles. The highest BCUT2D eigenvalue weighted by Gasteiger charge is 2.42. The number of esters is 3. The second-order valence-corrected chi connectivity index (χ2v) is 9.79. The third kappa shape index (κ3) is 8.77. The van der Waals surface area contributed by atoms with Crippen LogP contribution in [0, 0.1) is 11.8 Å². The van der Waals surface area contributed by atoms with Crippen molar-refractivity contribution in [2.75, 3.05) is 20.3 Å². The van der Waals surface area contributed by atoms with Crippen molar-refractivity contribution >= 4 is 30.0 Å². The molecule has 1 aromatic heterocycles. The van der Waals surface area contributed by atoms with Gasteiger partial charge in [0.15, 0.2) is 23.6 Å². The van der Waals surface area contributed by atoms with Crippen molar-refractivity contribution in [1.29, 1.82) is 0 Å². The summed E-state index contributed by atoms with van der Waals surface area (Å²) in [7, 11) is 1.28. The normalized spacial score (nSPS) is 20.3. The van der Waals surface area contributed by atoms with Crippen LogP contribution in [0.2, 0.25) is 0 Å². The first kappa shape index (κ1) is 32.6. The first-order valence-corrected chi connectivity index (χ1v) is 13.5. The monoisotopic (exact) mass is 598 g/mol. The second kappa shape index (κ2) is 15.3. The van der Waals surface area contributed by atoms with Gasteiger partial charge in [0.2, 0.25) is 5.75 Å². The van der Waals surface area contributed by atoms with E-state index in [0.717, 1.165) is 5.56 Å². The molecule has 1 N–H and O–H groups in total. The Bertz CT molecular complexity index is 1330. The molecule has 230 valence electrons. The summed E-state index contributed by atoms with van der Waals surface area (Å²) in [5.41, 5.74) is 0.341. The molecular weight excluding hydrogens is 564 g/mol. The van der Waals surface area contributed by atoms with E-state index in [0.29, 0.717) is 0 Å². The number of pyridine rings is 1. The first-order chi connectivity index (χ1) is 20.5. The number of methoxy groups -OCH3 is 1. The van der Waals surface area contributed by atoms with E-state index in [4.69, 9.17) is 28.4 Å². The molecule has 1 saturated heterocycles. The number of amides is 1. The molecule has 0 radical (unpaired) electrons. The summed E-state index contributed by atoms with van der Waals surface area (Å²) < 4.78 is 31.8. The Hall–Kier alpha value is -4.94. The number of carbonyl (C=O) groups is 5. The van der Waals surface area contributed by atoms with Gasteiger partial charge in [-0.15, -0.1) is 0 Å². The van der Waals surface area contributed by atoms with Gasteiger partial charge in [0.1, 0.15) is 25.2 Å². The third-order valence-corrected chi connectivity index (χ3v) is 6.28. The maximum atomic E-state index is 13.4. The quantitative estimate of drug-likeness (QED) is 0.242. The maximum absolute atomic E-state index is 13.4. The fraction of sp³-hybridized carbons (Fsp3) is 0.400. The van der Waals surface area contributed by atoms with Crippen molar-refractivity contribution in [3.63, 3.8) is 0 Å². The molecule has 2 heterocycles. The highest BCUT2D eigenvalue weighted by molar-refractivity contribution is 5.98. The first-order valence-electron chi connectivity index (χ1n) is 13.5. The van der Waals surface area contributed by atoms with E-state index in [2.05, 4.69) is 16.9 Å². The Morgan fingerprint density at radius 3 is 2.51 bits per heavy atom. The Morgan fingerprint density at radius 2 is 1.86 bits per heavy atom. The van der Waals surface area contributed by atoms with Crippen LogP contribution in [0.5, 0.6) is 11.5 Å². The van der Waals surface area contributed by atoms with E-state index >= 15 is 0 Å². The van der Waals surface area contributed by atoms with E-state index in [9.17, 15) is 24.0 Å². The fourth-order valence-corrected chi connectivity index (χ4v) is 4.07. The molecule has 0 bridgehead atoms. The number of aromatic nitrogens is 1. The smallest absolute Gasteiger partial charge is 0.493 e. The van der Waals surface area contributed by atoms with Gasteiger partial charge in [-0.3, -0.25) is 14.4 Å². The van der Waals surface area contributed by atoms with E-state index in [-0.39, 0.29) is 24.5 Å². The molecule has 1 aliphatic heterocycles. The summed E-state index contributed by atoms with van der Waals surface area (Å²) in [6.45, 7) is 7.43. The van der Waals surface area contributed by atoms with Gasteiger partial charge in [-0.1, -0.05) is 56.8 Å². The molecule has 2 aromatic rings. The van der Waals surface area contributed by atoms with E-state index in [1.165, 1.54) is 32.4 Å². The van der Waals surface area contributed by atoms with Crippen LogP contribution in [0.1, 0.15) is 36.8 Å². The average molecular weight is 599 g/mol. The van der Waals surface area contributed by atoms with Gasteiger partial charge in [0, 0.05) is 12.3 Å². The van der Waals surface area contributed by atoms with E-state index in [1.54, 1.807) is 38.1 Å². The van der Waals surface area contributed by atoms with Gasteiger partial charge in [0.05, 0.1) is 13.0 Å². The highest BCUT2D eigenvalue weighted by atomic mass is 16.7. The minimum atomic E-state index is -1.50. The Balaban J connectivity index is 1.88. The molecule has 0 saturated carbocycles. The predicted octanol–water partition coefficient (Wildman–Crippen LogP) is 2.81. The van der Waals surface area contributed by atoms with Crippen molar-refractivity contribution < 1.29 is 52.4 Å². The van der Waals surface area contributed by atoms with Crippen molar-refractivity contribution in [1.82, 2.24) is 10.3 Å². The molecule has 3 rings (SSSR count). The number of hydrogen-bond acceptors (Lipinski definition) is 12. The number of hydrogen-bond donors (Lipinski definition) is 1. The summed E-state index contributed by atoms with van der Waals surface area (Å²) in [5, 5.41) is 2.40. The zero-order chi connectivity index (χ0) is 31.5. The number of cyclic esters (lactones) is 2. The van der Waals surface area contributed by atoms with Crippen LogP contribution < -0.4 is 14.8 Å². The molecule has 43 heavy (non-hydrogen) atoms. The van der Waals surface area contributed by atoms with Gasteiger partial charge in [-0.05, 0) is 18.9 Å². The van der Waals surface area contributed by atoms with Crippen LogP contribution in [-0.4, -0.2) is 73.5 Å². The summed E-state index contributed by atoms with van der Waals surface area (Å²) in [4.78, 5) is 68.5. The predicted molar refractivity (Wildman–Crippen MR) is 149 cm³/mol. The van der Waals surface area contributed by atoms with Crippen molar-refractivity contribution in [3.8, 4) is 11.5 Å². The maximum Gasteiger partial charge on any atom is 0.514 e. The number of ether oxygens (including phenoxy) is 6. The van der Waals surface area contributed by atoms with Gasteiger partial charge in [-0.2, -0.15) is 0 Å². The lowest BCUT2D eigenvalue weighted by Crippen LogP contribution is -2.47. The summed E-state index contributed by atoms with van der Waals surface area (Å²) >= 11 is 0. The zero-order valence-electron chi connectivity index (χ0n) is 24.3. The van der Waals surface area contributed by atoms with Crippen molar-refractivity contribution in [2.45, 2.75) is 45.4 Å². The third-order valence-electron chi connectivity index (χ3n) is 6.28. The number of carbonyl (C=O) groups excluding carboxylic acids is 5. The average Bonchev–Trinajstić information content (AvgIpc) is 3.02. The van der Waals surface area contributed by atoms with Crippen molar-refractivity contribution in [3.05, 3.63) is 66.5 Å². The molecule has 13 heteroatoms. The van der Waals surface area contributed by atoms with Crippen LogP contribution in [0.3, 0.4) is 0 Å². The number of rotatable bonds is 10. The van der Waals surface area contributed by atoms with E-state index < -0.39 is 72.4 Å². The molecular formula is C30H34N2O11. The topological polar surface area (TPSA) is 166 Å². The molecule has 1 amide bonds. The summed E-state index contributed by atoms with van der Waals surface area (Å²) in [5.74, 6) is -5.22. The minimum Gasteiger partial charge on any atom is -0.493 e. The lowest BCUT2D eigenvalue weighted by Gasteiger charge is -2.29.